The molecule has 0 aliphatic heterocycles. The van der Waals surface area contributed by atoms with E-state index in [1.165, 1.54) is 30.6 Å². The molecule has 0 radical (unpaired) electrons. The summed E-state index contributed by atoms with van der Waals surface area (Å²) in [4.78, 5) is 35.7. The van der Waals surface area contributed by atoms with E-state index in [0.717, 1.165) is 27.2 Å². The number of fused-ring (bicyclic) bond motifs is 1. The molecule has 1 amide bonds. The van der Waals surface area contributed by atoms with E-state index in [0.29, 0.717) is 11.3 Å². The molecule has 0 fully saturated rings. The molecule has 0 aliphatic rings. The van der Waals surface area contributed by atoms with Crippen LogP contribution in [0.1, 0.15) is 22.8 Å². The number of aromatic amines is 1. The number of rotatable bonds is 6. The van der Waals surface area contributed by atoms with E-state index < -0.39 is 0 Å². The maximum absolute atomic E-state index is 12.4. The average Bonchev–Trinajstić information content (AvgIpc) is 3.17. The fraction of sp³-hybridized carbons (Fsp3) is 0.130. The van der Waals surface area contributed by atoms with Crippen molar-refractivity contribution in [2.45, 2.75) is 18.9 Å². The number of nitrogens with one attached hydrogen (secondary N) is 2. The molecule has 2 heterocycles. The number of Topliss-reactive ketones (excluding diaryl/α,β-unsaturated/α-hetero) is 1. The Bertz CT molecular complexity index is 1230. The van der Waals surface area contributed by atoms with E-state index in [1.54, 1.807) is 24.3 Å². The van der Waals surface area contributed by atoms with Crippen LogP contribution in [0.5, 0.6) is 0 Å². The number of hydrogen-bond donors (Lipinski definition) is 2. The minimum Gasteiger partial charge on any atom is -0.357 e. The van der Waals surface area contributed by atoms with Crippen LogP contribution in [-0.4, -0.2) is 32.4 Å². The van der Waals surface area contributed by atoms with E-state index >= 15 is 0 Å². The molecule has 150 valence electrons. The number of carbonyl (C=O) groups is 2. The standard InChI is InChI=1S/C23H20N4O2S/c1-14-4-3-5-17(10-14)19-11-24-22-21(19)25-13-26-23(22)30-12-20(29)27-18-8-6-16(7-9-18)15(2)28/h3-11,13,24H,12H2,1-2H3,(H,27,29). The van der Waals surface area contributed by atoms with Gasteiger partial charge in [-0.2, -0.15) is 0 Å². The molecule has 4 aromatic rings. The van der Waals surface area contributed by atoms with E-state index in [4.69, 9.17) is 0 Å². The number of ketones is 1. The lowest BCUT2D eigenvalue weighted by Crippen LogP contribution is -2.14. The number of benzene rings is 2. The molecule has 0 saturated carbocycles. The molecule has 0 aliphatic carbocycles. The number of carbonyl (C=O) groups excluding carboxylic acids is 2. The van der Waals surface area contributed by atoms with Crippen LogP contribution in [0.2, 0.25) is 0 Å². The van der Waals surface area contributed by atoms with Gasteiger partial charge in [-0.05, 0) is 43.7 Å². The fourth-order valence-electron chi connectivity index (χ4n) is 3.18. The van der Waals surface area contributed by atoms with Crippen LogP contribution in [0.25, 0.3) is 22.2 Å². The summed E-state index contributed by atoms with van der Waals surface area (Å²) >= 11 is 1.35. The number of H-pyrrole nitrogens is 1. The summed E-state index contributed by atoms with van der Waals surface area (Å²) in [6.07, 6.45) is 3.45. The van der Waals surface area contributed by atoms with Crippen molar-refractivity contribution in [2.24, 2.45) is 0 Å². The molecule has 6 nitrogen and oxygen atoms in total. The predicted molar refractivity (Wildman–Crippen MR) is 120 cm³/mol. The molecular formula is C23H20N4O2S. The van der Waals surface area contributed by atoms with Crippen LogP contribution in [0.15, 0.2) is 66.1 Å². The highest BCUT2D eigenvalue weighted by molar-refractivity contribution is 8.00. The van der Waals surface area contributed by atoms with Crippen molar-refractivity contribution in [2.75, 3.05) is 11.1 Å². The van der Waals surface area contributed by atoms with Gasteiger partial charge in [-0.15, -0.1) is 0 Å². The van der Waals surface area contributed by atoms with Gasteiger partial charge in [0, 0.05) is 23.0 Å². The van der Waals surface area contributed by atoms with Gasteiger partial charge in [0.2, 0.25) is 5.91 Å². The second kappa shape index (κ2) is 8.51. The molecule has 30 heavy (non-hydrogen) atoms. The molecule has 2 aromatic carbocycles. The van der Waals surface area contributed by atoms with E-state index in [2.05, 4.69) is 45.4 Å². The molecule has 7 heteroatoms. The highest BCUT2D eigenvalue weighted by atomic mass is 32.2. The summed E-state index contributed by atoms with van der Waals surface area (Å²) in [5.74, 6) is 0.0549. The van der Waals surface area contributed by atoms with Crippen molar-refractivity contribution in [3.05, 3.63) is 72.2 Å². The van der Waals surface area contributed by atoms with Crippen LogP contribution in [0, 0.1) is 6.92 Å². The summed E-state index contributed by atoms with van der Waals surface area (Å²) in [7, 11) is 0. The smallest absolute Gasteiger partial charge is 0.234 e. The molecule has 0 unspecified atom stereocenters. The van der Waals surface area contributed by atoms with Crippen molar-refractivity contribution in [1.29, 1.82) is 0 Å². The molecule has 2 aromatic heterocycles. The van der Waals surface area contributed by atoms with E-state index in [-0.39, 0.29) is 17.4 Å². The van der Waals surface area contributed by atoms with Gasteiger partial charge in [-0.3, -0.25) is 9.59 Å². The summed E-state index contributed by atoms with van der Waals surface area (Å²) in [6.45, 7) is 3.57. The Labute approximate surface area is 178 Å². The Morgan fingerprint density at radius 3 is 2.63 bits per heavy atom. The first-order valence-corrected chi connectivity index (χ1v) is 10.4. The molecule has 0 saturated heterocycles. The minimum absolute atomic E-state index is 0.00723. The SMILES string of the molecule is CC(=O)c1ccc(NC(=O)CSc2ncnc3c(-c4cccc(C)c4)c[nH]c23)cc1. The number of nitrogens with zero attached hydrogens (tertiary/aromatic N) is 2. The second-order valence-electron chi connectivity index (χ2n) is 6.94. The summed E-state index contributed by atoms with van der Waals surface area (Å²) in [5, 5.41) is 3.56. The third kappa shape index (κ3) is 4.26. The van der Waals surface area contributed by atoms with Gasteiger partial charge < -0.3 is 10.3 Å². The average molecular weight is 417 g/mol. The van der Waals surface area contributed by atoms with Gasteiger partial charge in [0.1, 0.15) is 16.9 Å². The Morgan fingerprint density at radius 1 is 1.10 bits per heavy atom. The number of anilines is 1. The summed E-state index contributed by atoms with van der Waals surface area (Å²) in [5.41, 5.74) is 6.19. The van der Waals surface area contributed by atoms with Crippen LogP contribution in [-0.2, 0) is 4.79 Å². The quantitative estimate of drug-likeness (QED) is 0.266. The Morgan fingerprint density at radius 2 is 1.90 bits per heavy atom. The van der Waals surface area contributed by atoms with E-state index in [1.807, 2.05) is 12.3 Å². The maximum Gasteiger partial charge on any atom is 0.234 e. The Balaban J connectivity index is 1.48. The number of amides is 1. The molecule has 2 N–H and O–H groups in total. The minimum atomic E-state index is -0.146. The lowest BCUT2D eigenvalue weighted by atomic mass is 10.1. The second-order valence-corrected chi connectivity index (χ2v) is 7.91. The van der Waals surface area contributed by atoms with Crippen LogP contribution in [0.4, 0.5) is 5.69 Å². The highest BCUT2D eigenvalue weighted by Crippen LogP contribution is 2.31. The topological polar surface area (TPSA) is 87.7 Å². The zero-order chi connectivity index (χ0) is 21.1. The lowest BCUT2D eigenvalue weighted by molar-refractivity contribution is -0.113. The zero-order valence-corrected chi connectivity index (χ0v) is 17.4. The van der Waals surface area contributed by atoms with E-state index in [9.17, 15) is 9.59 Å². The molecule has 0 spiro atoms. The van der Waals surface area contributed by atoms with Crippen LogP contribution >= 0.6 is 11.8 Å². The number of aromatic nitrogens is 3. The maximum atomic E-state index is 12.4. The molecule has 0 bridgehead atoms. The normalized spacial score (nSPS) is 10.9. The van der Waals surface area contributed by atoms with Crippen LogP contribution < -0.4 is 5.32 Å². The van der Waals surface area contributed by atoms with Gasteiger partial charge in [0.15, 0.2) is 5.78 Å². The third-order valence-corrected chi connectivity index (χ3v) is 5.66. The summed E-state index contributed by atoms with van der Waals surface area (Å²) < 4.78 is 0. The van der Waals surface area contributed by atoms with Crippen molar-refractivity contribution in [3.63, 3.8) is 0 Å². The van der Waals surface area contributed by atoms with Crippen molar-refractivity contribution in [3.8, 4) is 11.1 Å². The fourth-order valence-corrected chi connectivity index (χ4v) is 3.94. The predicted octanol–water partition coefficient (Wildman–Crippen LogP) is 4.87. The van der Waals surface area contributed by atoms with Gasteiger partial charge in [0.05, 0.1) is 11.3 Å². The van der Waals surface area contributed by atoms with Crippen molar-refractivity contribution < 1.29 is 9.59 Å². The first-order valence-electron chi connectivity index (χ1n) is 9.44. The van der Waals surface area contributed by atoms with Gasteiger partial charge in [0.25, 0.3) is 0 Å². The number of thioether (sulfide) groups is 1. The van der Waals surface area contributed by atoms with Crippen molar-refractivity contribution in [1.82, 2.24) is 15.0 Å². The number of hydrogen-bond acceptors (Lipinski definition) is 5. The van der Waals surface area contributed by atoms with Crippen LogP contribution in [0.3, 0.4) is 0 Å². The van der Waals surface area contributed by atoms with Gasteiger partial charge >= 0.3 is 0 Å². The molecule has 4 rings (SSSR count). The van der Waals surface area contributed by atoms with Crippen molar-refractivity contribution >= 4 is 40.2 Å². The van der Waals surface area contributed by atoms with Gasteiger partial charge in [-0.25, -0.2) is 9.97 Å². The summed E-state index contributed by atoms with van der Waals surface area (Å²) in [6, 6.07) is 15.1. The third-order valence-electron chi connectivity index (χ3n) is 4.67. The largest absolute Gasteiger partial charge is 0.357 e. The van der Waals surface area contributed by atoms with Gasteiger partial charge in [-0.1, -0.05) is 41.6 Å². The lowest BCUT2D eigenvalue weighted by Gasteiger charge is -2.06. The first kappa shape index (κ1) is 19.8. The Kier molecular flexibility index (Phi) is 5.63. The molecule has 0 atom stereocenters. The monoisotopic (exact) mass is 416 g/mol. The molecular weight excluding hydrogens is 396 g/mol. The number of aryl methyl sites for hydroxylation is 1. The Hall–Kier alpha value is -3.45. The highest BCUT2D eigenvalue weighted by Gasteiger charge is 2.14. The first-order chi connectivity index (χ1) is 14.5. The zero-order valence-electron chi connectivity index (χ0n) is 16.6.